The van der Waals surface area contributed by atoms with Crippen LogP contribution >= 0.6 is 22.7 Å². The molecule has 0 fully saturated rings. The summed E-state index contributed by atoms with van der Waals surface area (Å²) in [5, 5.41) is 7.21. The molecule has 1 aliphatic rings. The number of thiazole rings is 1. The van der Waals surface area contributed by atoms with Crippen LogP contribution in [0.3, 0.4) is 0 Å². The Labute approximate surface area is 727 Å². The third-order valence-corrected chi connectivity index (χ3v) is 24.5. The fourth-order valence-corrected chi connectivity index (χ4v) is 15.3. The standard InChI is InChI=1S/C16H23N.C16H22O.C16H22S.C15H22N2.C15H21NO.C15H21NS.C14H23N3/c1-15(2,3)13-7-8-14-12(11-13)9-10-17(14)16(4,5)6;2*1-15(2,3)12-7-8-13-11(9-12)10-14(17-13)16(4,5)6;1-14(2,3)11-7-8-13-12(9-11)16-10-17(13)15(4,5)6;2*1-14(2,3)10-7-8-12-11(9-10)16-13(17-12)15(4,5)6;1-13(2,3)10-7-8-11-12(9-10)16-17(15-11)14(4,5)6/h7-11H,1-6H3;3*7-10H,1-6H3;2*7-9H,1-6H3;7-9,15-16H,1-6H3. The highest BCUT2D eigenvalue weighted by Crippen LogP contribution is 2.41. The molecule has 0 amide bonds. The van der Waals surface area contributed by atoms with Gasteiger partial charge in [0.05, 0.1) is 49.5 Å². The van der Waals surface area contributed by atoms with E-state index in [9.17, 15) is 0 Å². The number of aromatic nitrogens is 5. The van der Waals surface area contributed by atoms with Crippen LogP contribution in [0.2, 0.25) is 0 Å². The number of hydrogen-bond donors (Lipinski definition) is 2. The lowest BCUT2D eigenvalue weighted by Crippen LogP contribution is -2.45. The predicted octanol–water partition coefficient (Wildman–Crippen LogP) is 32.4. The average molecular weight is 1650 g/mol. The summed E-state index contributed by atoms with van der Waals surface area (Å²) in [4.78, 5) is 15.4. The third kappa shape index (κ3) is 25.3. The van der Waals surface area contributed by atoms with Crippen molar-refractivity contribution in [2.45, 2.75) is 367 Å². The van der Waals surface area contributed by atoms with Crippen LogP contribution in [0.1, 0.15) is 351 Å². The van der Waals surface area contributed by atoms with Gasteiger partial charge in [0.25, 0.3) is 0 Å². The summed E-state index contributed by atoms with van der Waals surface area (Å²) >= 11 is 3.74. The summed E-state index contributed by atoms with van der Waals surface area (Å²) in [7, 11) is 0. The fourth-order valence-electron chi connectivity index (χ4n) is 13.2. The molecule has 119 heavy (non-hydrogen) atoms. The summed E-state index contributed by atoms with van der Waals surface area (Å²) in [5.41, 5.74) is 28.2. The Balaban J connectivity index is 0.000000173. The molecule has 0 bridgehead atoms. The van der Waals surface area contributed by atoms with Gasteiger partial charge in [0, 0.05) is 54.0 Å². The Kier molecular flexibility index (Phi) is 27.8. The Morgan fingerprint density at radius 2 is 0.706 bits per heavy atom. The number of imidazole rings is 1. The topological polar surface area (TPSA) is 102 Å². The normalized spacial score (nSPS) is 13.7. The van der Waals surface area contributed by atoms with E-state index in [-0.39, 0.29) is 76.2 Å². The van der Waals surface area contributed by atoms with Gasteiger partial charge < -0.3 is 18.0 Å². The van der Waals surface area contributed by atoms with Crippen LogP contribution in [0.5, 0.6) is 0 Å². The van der Waals surface area contributed by atoms with Crippen LogP contribution < -0.4 is 10.9 Å². The summed E-state index contributed by atoms with van der Waals surface area (Å²) < 4.78 is 19.0. The summed E-state index contributed by atoms with van der Waals surface area (Å²) in [6.07, 6.45) is 4.13. The first kappa shape index (κ1) is 96.4. The lowest BCUT2D eigenvalue weighted by molar-refractivity contribution is 0.222. The molecule has 13 aromatic rings. The highest BCUT2D eigenvalue weighted by Gasteiger charge is 2.31. The molecule has 0 spiro atoms. The maximum Gasteiger partial charge on any atom is 0.200 e. The first-order valence-corrected chi connectivity index (χ1v) is 44.9. The zero-order valence-electron chi connectivity index (χ0n) is 81.8. The van der Waals surface area contributed by atoms with E-state index >= 15 is 0 Å². The third-order valence-electron chi connectivity index (χ3n) is 21.5. The van der Waals surface area contributed by atoms with Gasteiger partial charge in [0.1, 0.15) is 16.9 Å². The van der Waals surface area contributed by atoms with Crippen molar-refractivity contribution in [1.82, 2.24) is 29.2 Å². The number of nitrogens with one attached hydrogen (secondary N) is 2. The van der Waals surface area contributed by atoms with Gasteiger partial charge in [-0.25, -0.2) is 15.0 Å². The van der Waals surface area contributed by atoms with Crippen LogP contribution in [0.4, 0.5) is 11.4 Å². The number of benzene rings is 7. The number of hydrogen-bond acceptors (Lipinski definition) is 10. The van der Waals surface area contributed by atoms with Crippen LogP contribution in [-0.2, 0) is 70.6 Å². The van der Waals surface area contributed by atoms with E-state index in [1.54, 1.807) is 0 Å². The van der Waals surface area contributed by atoms with E-state index < -0.39 is 0 Å². The van der Waals surface area contributed by atoms with E-state index in [0.717, 1.165) is 50.7 Å². The first-order valence-electron chi connectivity index (χ1n) is 43.3. The second-order valence-electron chi connectivity index (χ2n) is 47.5. The van der Waals surface area contributed by atoms with Gasteiger partial charge in [-0.15, -0.1) is 27.8 Å². The maximum absolute atomic E-state index is 5.90. The molecule has 7 aromatic carbocycles. The van der Waals surface area contributed by atoms with Gasteiger partial charge in [-0.3, -0.25) is 10.9 Å². The number of anilines is 2. The minimum atomic E-state index is -0.0408. The molecule has 0 radical (unpaired) electrons. The van der Waals surface area contributed by atoms with Crippen molar-refractivity contribution in [1.29, 1.82) is 0 Å². The SMILES string of the molecule is CC(C)(C)c1ccc2c(c1)NN(C(C)(C)C)N2.CC(C)(C)c1ccc2c(c1)ncn2C(C)(C)C.CC(C)(C)c1ccc2c(ccn2C(C)(C)C)c1.CC(C)(C)c1ccc2oc(C(C)(C)C)cc2c1.CC(C)(C)c1ccc2oc(C(C)(C)C)nc2c1.CC(C)(C)c1ccc2sc(C(C)(C)C)cc2c1.CC(C)(C)c1ccc2sc(C(C)(C)C)nc2c1. The summed E-state index contributed by atoms with van der Waals surface area (Å²) in [6, 6.07) is 53.1. The molecule has 14 rings (SSSR count). The minimum absolute atomic E-state index is 0.0408. The lowest BCUT2D eigenvalue weighted by atomic mass is 9.86. The fraction of sp³-hybridized carbons (Fsp3) is 0.523. The smallest absolute Gasteiger partial charge is 0.200 e. The number of fused-ring (bicyclic) bond motifs is 7. The van der Waals surface area contributed by atoms with E-state index in [1.165, 1.54) is 85.4 Å². The van der Waals surface area contributed by atoms with E-state index in [1.807, 2.05) is 40.2 Å². The van der Waals surface area contributed by atoms with Gasteiger partial charge in [0.2, 0.25) is 5.89 Å². The number of furan rings is 1. The molecule has 10 nitrogen and oxygen atoms in total. The molecule has 0 atom stereocenters. The minimum Gasteiger partial charge on any atom is -0.461 e. The largest absolute Gasteiger partial charge is 0.461 e. The number of nitrogens with zero attached hydrogens (tertiary/aromatic N) is 6. The summed E-state index contributed by atoms with van der Waals surface area (Å²) in [5.74, 6) is 1.86. The van der Waals surface area contributed by atoms with Crippen LogP contribution in [0.25, 0.3) is 64.3 Å². The Bertz CT molecular complexity index is 4970. The second-order valence-corrected chi connectivity index (χ2v) is 49.6. The van der Waals surface area contributed by atoms with Gasteiger partial charge in [-0.1, -0.05) is 271 Å². The molecule has 0 saturated heterocycles. The number of rotatable bonds is 0. The van der Waals surface area contributed by atoms with Crippen LogP contribution in [-0.4, -0.2) is 34.7 Å². The van der Waals surface area contributed by atoms with E-state index in [2.05, 4.69) is 466 Å². The highest BCUT2D eigenvalue weighted by molar-refractivity contribution is 7.19. The molecule has 2 N–H and O–H groups in total. The zero-order chi connectivity index (χ0) is 89.9. The van der Waals surface area contributed by atoms with Crippen molar-refractivity contribution >= 4 is 98.4 Å². The Morgan fingerprint density at radius 3 is 1.18 bits per heavy atom. The number of oxazole rings is 1. The number of thiophene rings is 1. The second kappa shape index (κ2) is 34.4. The molecule has 646 valence electrons. The van der Waals surface area contributed by atoms with Gasteiger partial charge in [-0.05, 0) is 258 Å². The average Bonchev–Trinajstić information content (AvgIpc) is 1.68. The molecular weight excluding hydrogens is 1490 g/mol. The lowest BCUT2D eigenvalue weighted by Gasteiger charge is -2.30. The van der Waals surface area contributed by atoms with Crippen LogP contribution in [0.15, 0.2) is 167 Å². The van der Waals surface area contributed by atoms with Crippen molar-refractivity contribution in [3.63, 3.8) is 0 Å². The van der Waals surface area contributed by atoms with Crippen molar-refractivity contribution in [3.8, 4) is 0 Å². The van der Waals surface area contributed by atoms with Gasteiger partial charge in [0.15, 0.2) is 5.58 Å². The number of hydrazine groups is 2. The molecule has 6 aromatic heterocycles. The Morgan fingerprint density at radius 1 is 0.286 bits per heavy atom. The predicted molar refractivity (Wildman–Crippen MR) is 524 cm³/mol. The van der Waals surface area contributed by atoms with Crippen molar-refractivity contribution in [2.75, 3.05) is 10.9 Å². The molecular formula is C107H154N8O2S2. The summed E-state index contributed by atoms with van der Waals surface area (Å²) in [6.45, 7) is 93.2. The zero-order valence-corrected chi connectivity index (χ0v) is 83.5. The monoisotopic (exact) mass is 1650 g/mol. The Hall–Kier alpha value is -8.03. The molecule has 12 heteroatoms. The van der Waals surface area contributed by atoms with Crippen molar-refractivity contribution in [2.24, 2.45) is 0 Å². The molecule has 0 saturated carbocycles. The highest BCUT2D eigenvalue weighted by atomic mass is 32.1. The molecule has 0 aliphatic carbocycles. The van der Waals surface area contributed by atoms with E-state index in [0.29, 0.717) is 0 Å². The first-order chi connectivity index (χ1) is 53.8. The van der Waals surface area contributed by atoms with Crippen molar-refractivity contribution in [3.05, 3.63) is 219 Å². The molecule has 1 aliphatic heterocycles. The molecule has 7 heterocycles. The van der Waals surface area contributed by atoms with Crippen molar-refractivity contribution < 1.29 is 8.83 Å². The molecule has 0 unspecified atom stereocenters. The maximum atomic E-state index is 5.90. The quantitative estimate of drug-likeness (QED) is 0.155. The van der Waals surface area contributed by atoms with Gasteiger partial charge in [-0.2, -0.15) is 0 Å². The van der Waals surface area contributed by atoms with Gasteiger partial charge >= 0.3 is 0 Å². The van der Waals surface area contributed by atoms with Crippen LogP contribution in [0, 0.1) is 0 Å². The van der Waals surface area contributed by atoms with E-state index in [4.69, 9.17) is 13.8 Å².